The van der Waals surface area contributed by atoms with Crippen molar-refractivity contribution in [3.05, 3.63) is 58.9 Å². The summed E-state index contributed by atoms with van der Waals surface area (Å²) in [7, 11) is 0. The van der Waals surface area contributed by atoms with Gasteiger partial charge in [0.15, 0.2) is 11.6 Å². The normalized spacial score (nSPS) is 10.9. The van der Waals surface area contributed by atoms with Crippen molar-refractivity contribution in [3.8, 4) is 17.6 Å². The molecule has 0 saturated carbocycles. The predicted octanol–water partition coefficient (Wildman–Crippen LogP) is 4.32. The second-order valence-corrected chi connectivity index (χ2v) is 4.23. The Hall–Kier alpha value is -2.88. The van der Waals surface area contributed by atoms with Gasteiger partial charge in [0.05, 0.1) is 17.2 Å². The van der Waals surface area contributed by atoms with Crippen LogP contribution in [0, 0.1) is 17.1 Å². The fourth-order valence-corrected chi connectivity index (χ4v) is 1.70. The molecule has 0 saturated heterocycles. The van der Waals surface area contributed by atoms with Crippen molar-refractivity contribution in [3.63, 3.8) is 0 Å². The lowest BCUT2D eigenvalue weighted by molar-refractivity contribution is -0.138. The quantitative estimate of drug-likeness (QED) is 0.626. The summed E-state index contributed by atoms with van der Waals surface area (Å²) in [6, 6.07) is 7.38. The van der Waals surface area contributed by atoms with Gasteiger partial charge in [-0.15, -0.1) is 0 Å². The molecule has 0 aliphatic rings. The van der Waals surface area contributed by atoms with Gasteiger partial charge in [-0.1, -0.05) is 0 Å². The highest BCUT2D eigenvalue weighted by Crippen LogP contribution is 2.39. The van der Waals surface area contributed by atoms with Gasteiger partial charge in [0.25, 0.3) is 0 Å². The van der Waals surface area contributed by atoms with Gasteiger partial charge >= 0.3 is 6.18 Å². The smallest absolute Gasteiger partial charge is 0.420 e. The second-order valence-electron chi connectivity index (χ2n) is 4.23. The first-order valence-corrected chi connectivity index (χ1v) is 5.89. The molecule has 2 rings (SSSR count). The Morgan fingerprint density at radius 1 is 1.09 bits per heavy atom. The Labute approximate surface area is 122 Å². The number of ether oxygens (including phenoxy) is 1. The molecule has 0 unspecified atom stereocenters. The summed E-state index contributed by atoms with van der Waals surface area (Å²) in [5.74, 6) is -2.06. The highest BCUT2D eigenvalue weighted by molar-refractivity contribution is 5.75. The van der Waals surface area contributed by atoms with Crippen LogP contribution in [0.2, 0.25) is 0 Å². The zero-order valence-corrected chi connectivity index (χ0v) is 10.8. The third-order valence-corrected chi connectivity index (χ3v) is 2.73. The van der Waals surface area contributed by atoms with Gasteiger partial charge < -0.3 is 4.74 Å². The second kappa shape index (κ2) is 5.85. The monoisotopic (exact) mass is 309 g/mol. The zero-order chi connectivity index (χ0) is 16.3. The van der Waals surface area contributed by atoms with E-state index in [0.717, 1.165) is 24.3 Å². The zero-order valence-electron chi connectivity index (χ0n) is 10.8. The van der Waals surface area contributed by atoms with Crippen molar-refractivity contribution in [2.45, 2.75) is 6.18 Å². The fourth-order valence-electron chi connectivity index (χ4n) is 1.70. The molecule has 0 aromatic heterocycles. The van der Waals surface area contributed by atoms with E-state index in [9.17, 15) is 22.4 Å². The fraction of sp³-hybridized carbons (Fsp3) is 0.0667. The number of halogens is 4. The van der Waals surface area contributed by atoms with Crippen LogP contribution in [0.1, 0.15) is 21.5 Å². The van der Waals surface area contributed by atoms with Crippen molar-refractivity contribution >= 4 is 6.29 Å². The minimum Gasteiger partial charge on any atom is -0.454 e. The topological polar surface area (TPSA) is 50.1 Å². The molecule has 2 aromatic rings. The van der Waals surface area contributed by atoms with Crippen LogP contribution in [0.4, 0.5) is 17.6 Å². The van der Waals surface area contributed by atoms with Crippen molar-refractivity contribution in [2.24, 2.45) is 0 Å². The molecule has 0 radical (unpaired) electrons. The Morgan fingerprint density at radius 3 is 2.32 bits per heavy atom. The van der Waals surface area contributed by atoms with Crippen LogP contribution in [0.25, 0.3) is 0 Å². The summed E-state index contributed by atoms with van der Waals surface area (Å²) >= 11 is 0. The number of rotatable bonds is 3. The van der Waals surface area contributed by atoms with Crippen LogP contribution in [-0.2, 0) is 6.18 Å². The molecule has 0 spiro atoms. The lowest BCUT2D eigenvalue weighted by Crippen LogP contribution is -2.08. The molecule has 0 bridgehead atoms. The number of carbonyl (C=O) groups is 1. The molecular weight excluding hydrogens is 302 g/mol. The van der Waals surface area contributed by atoms with Gasteiger partial charge in [-0.3, -0.25) is 4.79 Å². The van der Waals surface area contributed by atoms with Crippen LogP contribution >= 0.6 is 0 Å². The van der Waals surface area contributed by atoms with Crippen LogP contribution in [0.5, 0.6) is 11.5 Å². The number of hydrogen-bond acceptors (Lipinski definition) is 3. The van der Waals surface area contributed by atoms with Crippen molar-refractivity contribution in [1.29, 1.82) is 5.26 Å². The minimum atomic E-state index is -4.76. The first kappa shape index (κ1) is 15.5. The third kappa shape index (κ3) is 3.23. The van der Waals surface area contributed by atoms with E-state index < -0.39 is 29.1 Å². The maximum atomic E-state index is 13.7. The number of benzene rings is 2. The molecule has 0 aliphatic heterocycles. The molecule has 0 amide bonds. The lowest BCUT2D eigenvalue weighted by Gasteiger charge is -2.14. The van der Waals surface area contributed by atoms with Crippen LogP contribution in [0.3, 0.4) is 0 Å². The molecule has 0 fully saturated rings. The number of hydrogen-bond donors (Lipinski definition) is 0. The lowest BCUT2D eigenvalue weighted by atomic mass is 10.1. The van der Waals surface area contributed by atoms with E-state index >= 15 is 0 Å². The first-order chi connectivity index (χ1) is 10.3. The molecular formula is C15H7F4NO2. The van der Waals surface area contributed by atoms with Gasteiger partial charge in [0, 0.05) is 5.56 Å². The van der Waals surface area contributed by atoms with E-state index in [4.69, 9.17) is 10.00 Å². The number of nitriles is 1. The molecule has 0 N–H and O–H groups in total. The largest absolute Gasteiger partial charge is 0.454 e. The number of aldehydes is 1. The van der Waals surface area contributed by atoms with Gasteiger partial charge in [-0.05, 0) is 36.4 Å². The third-order valence-electron chi connectivity index (χ3n) is 2.73. The summed E-state index contributed by atoms with van der Waals surface area (Å²) in [4.78, 5) is 10.5. The Morgan fingerprint density at radius 2 is 1.77 bits per heavy atom. The number of carbonyl (C=O) groups excluding carboxylic acids is 1. The molecule has 112 valence electrons. The number of alkyl halides is 3. The van der Waals surface area contributed by atoms with Crippen molar-refractivity contribution in [2.75, 3.05) is 0 Å². The summed E-state index contributed by atoms with van der Waals surface area (Å²) in [6.07, 6.45) is -4.36. The Kier molecular flexibility index (Phi) is 4.13. The predicted molar refractivity (Wildman–Crippen MR) is 68.0 cm³/mol. The molecule has 2 aromatic carbocycles. The standard InChI is InChI=1S/C15H7F4NO2/c16-12-6-10(8-21)2-4-14(12)22-13-3-1-9(7-20)5-11(13)15(17,18)19/h1-6,8H. The average Bonchev–Trinajstić information content (AvgIpc) is 2.48. The molecule has 0 atom stereocenters. The van der Waals surface area contributed by atoms with E-state index in [1.54, 1.807) is 6.07 Å². The van der Waals surface area contributed by atoms with Gasteiger partial charge in [0.1, 0.15) is 12.0 Å². The maximum absolute atomic E-state index is 13.7. The summed E-state index contributed by atoms with van der Waals surface area (Å²) in [5, 5.41) is 8.66. The van der Waals surface area contributed by atoms with Gasteiger partial charge in [0.2, 0.25) is 0 Å². The van der Waals surface area contributed by atoms with E-state index in [-0.39, 0.29) is 11.1 Å². The highest BCUT2D eigenvalue weighted by Gasteiger charge is 2.35. The van der Waals surface area contributed by atoms with Crippen molar-refractivity contribution < 1.29 is 27.1 Å². The molecule has 0 aliphatic carbocycles. The molecule has 0 heterocycles. The average molecular weight is 309 g/mol. The molecule has 3 nitrogen and oxygen atoms in total. The highest BCUT2D eigenvalue weighted by atomic mass is 19.4. The molecule has 7 heteroatoms. The van der Waals surface area contributed by atoms with Gasteiger partial charge in [-0.25, -0.2) is 4.39 Å². The number of nitrogens with zero attached hydrogens (tertiary/aromatic N) is 1. The summed E-state index contributed by atoms with van der Waals surface area (Å²) in [6.45, 7) is 0. The van der Waals surface area contributed by atoms with Crippen LogP contribution < -0.4 is 4.74 Å². The Bertz CT molecular complexity index is 763. The van der Waals surface area contributed by atoms with Gasteiger partial charge in [-0.2, -0.15) is 18.4 Å². The van der Waals surface area contributed by atoms with E-state index in [2.05, 4.69) is 0 Å². The van der Waals surface area contributed by atoms with Crippen LogP contribution in [-0.4, -0.2) is 6.29 Å². The molecule has 22 heavy (non-hydrogen) atoms. The summed E-state index contributed by atoms with van der Waals surface area (Å²) < 4.78 is 57.5. The Balaban J connectivity index is 2.46. The van der Waals surface area contributed by atoms with E-state index in [1.807, 2.05) is 0 Å². The van der Waals surface area contributed by atoms with Crippen LogP contribution in [0.15, 0.2) is 36.4 Å². The minimum absolute atomic E-state index is 0.0284. The summed E-state index contributed by atoms with van der Waals surface area (Å²) in [5.41, 5.74) is -1.36. The SMILES string of the molecule is N#Cc1ccc(Oc2ccc(C=O)cc2F)c(C(F)(F)F)c1. The van der Waals surface area contributed by atoms with Crippen molar-refractivity contribution in [1.82, 2.24) is 0 Å². The maximum Gasteiger partial charge on any atom is 0.420 e. The van der Waals surface area contributed by atoms with E-state index in [1.165, 1.54) is 6.07 Å². The first-order valence-electron chi connectivity index (χ1n) is 5.89. The van der Waals surface area contributed by atoms with E-state index in [0.29, 0.717) is 12.4 Å².